The van der Waals surface area contributed by atoms with Gasteiger partial charge in [-0.1, -0.05) is 25.8 Å². The Balaban J connectivity index is 2.04. The van der Waals surface area contributed by atoms with Crippen LogP contribution in [0, 0.1) is 11.8 Å². The van der Waals surface area contributed by atoms with Crippen molar-refractivity contribution >= 4 is 0 Å². The van der Waals surface area contributed by atoms with E-state index in [9.17, 15) is 5.11 Å². The second-order valence-corrected chi connectivity index (χ2v) is 5.64. The molecular formula is C15H24N2O. The zero-order valence-corrected chi connectivity index (χ0v) is 11.1. The summed E-state index contributed by atoms with van der Waals surface area (Å²) in [6.45, 7) is 2.78. The van der Waals surface area contributed by atoms with Crippen LogP contribution < -0.4 is 5.73 Å². The first kappa shape index (κ1) is 13.5. The van der Waals surface area contributed by atoms with Crippen LogP contribution in [0.1, 0.15) is 44.1 Å². The van der Waals surface area contributed by atoms with Crippen molar-refractivity contribution in [1.82, 2.24) is 4.98 Å². The number of aliphatic hydroxyl groups excluding tert-OH is 1. The molecule has 3 nitrogen and oxygen atoms in total. The van der Waals surface area contributed by atoms with Crippen LogP contribution in [0.2, 0.25) is 0 Å². The highest BCUT2D eigenvalue weighted by atomic mass is 16.3. The molecule has 2 unspecified atom stereocenters. The van der Waals surface area contributed by atoms with Crippen molar-refractivity contribution in [3.8, 4) is 0 Å². The van der Waals surface area contributed by atoms with Crippen molar-refractivity contribution in [3.05, 3.63) is 30.1 Å². The number of hydrogen-bond acceptors (Lipinski definition) is 3. The molecule has 1 aliphatic carbocycles. The Morgan fingerprint density at radius 3 is 2.67 bits per heavy atom. The number of aromatic nitrogens is 1. The number of pyridine rings is 1. The summed E-state index contributed by atoms with van der Waals surface area (Å²) in [6.07, 6.45) is 7.96. The minimum atomic E-state index is -0.327. The third-order valence-electron chi connectivity index (χ3n) is 4.32. The fourth-order valence-electron chi connectivity index (χ4n) is 3.02. The maximum atomic E-state index is 10.6. The summed E-state index contributed by atoms with van der Waals surface area (Å²) < 4.78 is 0. The van der Waals surface area contributed by atoms with E-state index >= 15 is 0 Å². The molecule has 0 aliphatic heterocycles. The quantitative estimate of drug-likeness (QED) is 0.859. The van der Waals surface area contributed by atoms with Crippen LogP contribution in [0.15, 0.2) is 24.5 Å². The van der Waals surface area contributed by atoms with Gasteiger partial charge in [0.15, 0.2) is 0 Å². The van der Waals surface area contributed by atoms with E-state index in [0.717, 1.165) is 24.3 Å². The lowest BCUT2D eigenvalue weighted by atomic mass is 9.75. The summed E-state index contributed by atoms with van der Waals surface area (Å²) in [5, 5.41) is 10.6. The second kappa shape index (κ2) is 6.30. The number of aliphatic hydroxyl groups is 1. The van der Waals surface area contributed by atoms with Crippen molar-refractivity contribution in [2.75, 3.05) is 6.54 Å². The van der Waals surface area contributed by atoms with Crippen LogP contribution in [-0.4, -0.2) is 22.7 Å². The van der Waals surface area contributed by atoms with Gasteiger partial charge >= 0.3 is 0 Å². The lowest BCUT2D eigenvalue weighted by molar-refractivity contribution is 0.0547. The maximum absolute atomic E-state index is 10.6. The molecule has 100 valence electrons. The zero-order chi connectivity index (χ0) is 13.0. The van der Waals surface area contributed by atoms with E-state index in [-0.39, 0.29) is 12.0 Å². The topological polar surface area (TPSA) is 59.1 Å². The first-order valence-corrected chi connectivity index (χ1v) is 7.00. The molecule has 2 rings (SSSR count). The molecule has 2 atom stereocenters. The van der Waals surface area contributed by atoms with Gasteiger partial charge in [-0.05, 0) is 36.3 Å². The molecule has 0 radical (unpaired) electrons. The van der Waals surface area contributed by atoms with E-state index in [4.69, 9.17) is 5.73 Å². The van der Waals surface area contributed by atoms with Crippen molar-refractivity contribution in [3.63, 3.8) is 0 Å². The van der Waals surface area contributed by atoms with E-state index < -0.39 is 0 Å². The van der Waals surface area contributed by atoms with Gasteiger partial charge in [0.05, 0.1) is 6.10 Å². The smallest absolute Gasteiger partial charge is 0.0649 e. The molecule has 0 spiro atoms. The summed E-state index contributed by atoms with van der Waals surface area (Å²) in [4.78, 5) is 4.13. The van der Waals surface area contributed by atoms with Gasteiger partial charge in [-0.3, -0.25) is 4.98 Å². The molecule has 1 saturated carbocycles. The monoisotopic (exact) mass is 248 g/mol. The highest BCUT2D eigenvalue weighted by Gasteiger charge is 2.30. The zero-order valence-electron chi connectivity index (χ0n) is 11.1. The Morgan fingerprint density at radius 1 is 1.39 bits per heavy atom. The van der Waals surface area contributed by atoms with Gasteiger partial charge in [0.2, 0.25) is 0 Å². The molecular weight excluding hydrogens is 224 g/mol. The van der Waals surface area contributed by atoms with Crippen LogP contribution in [0.4, 0.5) is 0 Å². The summed E-state index contributed by atoms with van der Waals surface area (Å²) >= 11 is 0. The average molecular weight is 248 g/mol. The Bertz CT molecular complexity index is 347. The molecule has 0 amide bonds. The summed E-state index contributed by atoms with van der Waals surface area (Å²) in [5.41, 5.74) is 6.91. The SMILES string of the molecule is CC1CCC(C(O)C(CN)c2cccnc2)CC1. The van der Waals surface area contributed by atoms with Crippen LogP contribution in [-0.2, 0) is 0 Å². The van der Waals surface area contributed by atoms with Crippen LogP contribution >= 0.6 is 0 Å². The average Bonchev–Trinajstić information content (AvgIpc) is 2.41. The molecule has 1 aromatic rings. The lowest BCUT2D eigenvalue weighted by Gasteiger charge is -2.33. The van der Waals surface area contributed by atoms with Crippen molar-refractivity contribution in [1.29, 1.82) is 0 Å². The van der Waals surface area contributed by atoms with Crippen molar-refractivity contribution < 1.29 is 5.11 Å². The Morgan fingerprint density at radius 2 is 2.11 bits per heavy atom. The fourth-order valence-corrected chi connectivity index (χ4v) is 3.02. The van der Waals surface area contributed by atoms with Gasteiger partial charge < -0.3 is 10.8 Å². The molecule has 0 bridgehead atoms. The summed E-state index contributed by atoms with van der Waals surface area (Å²) in [7, 11) is 0. The van der Waals surface area contributed by atoms with Gasteiger partial charge in [-0.2, -0.15) is 0 Å². The Kier molecular flexibility index (Phi) is 4.72. The van der Waals surface area contributed by atoms with E-state index in [1.165, 1.54) is 12.8 Å². The predicted molar refractivity (Wildman–Crippen MR) is 73.2 cm³/mol. The third kappa shape index (κ3) is 3.09. The van der Waals surface area contributed by atoms with Gasteiger partial charge in [0, 0.05) is 24.9 Å². The van der Waals surface area contributed by atoms with Gasteiger partial charge in [0.1, 0.15) is 0 Å². The summed E-state index contributed by atoms with van der Waals surface area (Å²) in [6, 6.07) is 3.92. The normalized spacial score (nSPS) is 27.7. The molecule has 18 heavy (non-hydrogen) atoms. The molecule has 0 saturated heterocycles. The minimum Gasteiger partial charge on any atom is -0.392 e. The number of hydrogen-bond donors (Lipinski definition) is 2. The van der Waals surface area contributed by atoms with E-state index in [2.05, 4.69) is 11.9 Å². The van der Waals surface area contributed by atoms with Crippen molar-refractivity contribution in [2.45, 2.75) is 44.6 Å². The minimum absolute atomic E-state index is 0.0251. The second-order valence-electron chi connectivity index (χ2n) is 5.64. The van der Waals surface area contributed by atoms with Crippen LogP contribution in [0.3, 0.4) is 0 Å². The van der Waals surface area contributed by atoms with Gasteiger partial charge in [0.25, 0.3) is 0 Å². The molecule has 1 fully saturated rings. The predicted octanol–water partition coefficient (Wildman–Crippen LogP) is 2.31. The first-order valence-electron chi connectivity index (χ1n) is 7.00. The maximum Gasteiger partial charge on any atom is 0.0649 e. The fraction of sp³-hybridized carbons (Fsp3) is 0.667. The highest BCUT2D eigenvalue weighted by molar-refractivity contribution is 5.17. The standard InChI is InChI=1S/C15H24N2O/c1-11-4-6-12(7-5-11)15(18)14(9-16)13-3-2-8-17-10-13/h2-3,8,10-12,14-15,18H,4-7,9,16H2,1H3. The Labute approximate surface area is 109 Å². The van der Waals surface area contributed by atoms with Crippen LogP contribution in [0.5, 0.6) is 0 Å². The molecule has 0 aromatic carbocycles. The number of rotatable bonds is 4. The third-order valence-corrected chi connectivity index (χ3v) is 4.32. The van der Waals surface area contributed by atoms with Gasteiger partial charge in [-0.15, -0.1) is 0 Å². The molecule has 1 aromatic heterocycles. The Hall–Kier alpha value is -0.930. The van der Waals surface area contributed by atoms with E-state index in [0.29, 0.717) is 12.5 Å². The molecule has 1 heterocycles. The first-order chi connectivity index (χ1) is 8.72. The number of nitrogens with zero attached hydrogens (tertiary/aromatic N) is 1. The highest BCUT2D eigenvalue weighted by Crippen LogP contribution is 2.35. The lowest BCUT2D eigenvalue weighted by Crippen LogP contribution is -2.34. The molecule has 1 aliphatic rings. The van der Waals surface area contributed by atoms with E-state index in [1.807, 2.05) is 18.3 Å². The van der Waals surface area contributed by atoms with Crippen LogP contribution in [0.25, 0.3) is 0 Å². The summed E-state index contributed by atoms with van der Waals surface area (Å²) in [5.74, 6) is 1.23. The van der Waals surface area contributed by atoms with Crippen molar-refractivity contribution in [2.24, 2.45) is 17.6 Å². The molecule has 3 heteroatoms. The molecule has 3 N–H and O–H groups in total. The number of nitrogens with two attached hydrogens (primary N) is 1. The van der Waals surface area contributed by atoms with Gasteiger partial charge in [-0.25, -0.2) is 0 Å². The largest absolute Gasteiger partial charge is 0.392 e. The van der Waals surface area contributed by atoms with E-state index in [1.54, 1.807) is 6.20 Å².